The van der Waals surface area contributed by atoms with Crippen molar-refractivity contribution in [2.75, 3.05) is 13.7 Å². The van der Waals surface area contributed by atoms with E-state index < -0.39 is 0 Å². The third-order valence-electron chi connectivity index (χ3n) is 1.60. The second kappa shape index (κ2) is 7.10. The highest BCUT2D eigenvalue weighted by molar-refractivity contribution is 5.74. The fourth-order valence-corrected chi connectivity index (χ4v) is 0.789. The highest BCUT2D eigenvalue weighted by atomic mass is 16.7. The molecule has 0 saturated heterocycles. The third kappa shape index (κ3) is 5.13. The summed E-state index contributed by atoms with van der Waals surface area (Å²) in [6.45, 7) is 4.72. The van der Waals surface area contributed by atoms with Crippen molar-refractivity contribution in [1.82, 2.24) is 5.06 Å². The molecule has 0 saturated carbocycles. The van der Waals surface area contributed by atoms with Gasteiger partial charge in [-0.2, -0.15) is 0 Å². The number of nitrogens with zero attached hydrogens (tertiary/aromatic N) is 1. The summed E-state index contributed by atoms with van der Waals surface area (Å²) in [5.74, 6) is 0.0635. The number of carbonyl (C=O) groups excluding carboxylic acids is 1. The van der Waals surface area contributed by atoms with Crippen molar-refractivity contribution >= 4 is 5.91 Å². The van der Waals surface area contributed by atoms with E-state index in [1.165, 1.54) is 5.06 Å². The van der Waals surface area contributed by atoms with Crippen LogP contribution in [0.2, 0.25) is 0 Å². The van der Waals surface area contributed by atoms with Crippen LogP contribution in [0, 0.1) is 0 Å². The zero-order valence-electron chi connectivity index (χ0n) is 8.30. The number of hydrogen-bond donors (Lipinski definition) is 0. The highest BCUT2D eigenvalue weighted by Gasteiger charge is 2.06. The van der Waals surface area contributed by atoms with E-state index in [1.54, 1.807) is 7.05 Å². The second-order valence-electron chi connectivity index (χ2n) is 2.83. The number of carbonyl (C=O) groups is 1. The molecule has 3 nitrogen and oxygen atoms in total. The molecule has 0 rings (SSSR count). The first-order chi connectivity index (χ1) is 5.72. The van der Waals surface area contributed by atoms with Crippen molar-refractivity contribution in [1.29, 1.82) is 0 Å². The van der Waals surface area contributed by atoms with E-state index in [2.05, 4.69) is 6.92 Å². The van der Waals surface area contributed by atoms with Gasteiger partial charge in [-0.25, -0.2) is 5.06 Å². The van der Waals surface area contributed by atoms with Crippen LogP contribution in [0.25, 0.3) is 0 Å². The van der Waals surface area contributed by atoms with Gasteiger partial charge in [0.1, 0.15) is 0 Å². The fourth-order valence-electron chi connectivity index (χ4n) is 0.789. The summed E-state index contributed by atoms with van der Waals surface area (Å²) in [5, 5.41) is 1.35. The van der Waals surface area contributed by atoms with Crippen molar-refractivity contribution in [3.8, 4) is 0 Å². The number of amides is 1. The Morgan fingerprint density at radius 1 is 1.33 bits per heavy atom. The molecule has 0 aromatic heterocycles. The molecule has 0 radical (unpaired) electrons. The molecule has 72 valence electrons. The fraction of sp³-hybridized carbons (Fsp3) is 0.889. The van der Waals surface area contributed by atoms with Crippen molar-refractivity contribution in [2.24, 2.45) is 0 Å². The average Bonchev–Trinajstić information content (AvgIpc) is 2.05. The van der Waals surface area contributed by atoms with Gasteiger partial charge in [-0.3, -0.25) is 9.63 Å². The normalized spacial score (nSPS) is 9.92. The van der Waals surface area contributed by atoms with Crippen LogP contribution >= 0.6 is 0 Å². The lowest BCUT2D eigenvalue weighted by atomic mass is 10.3. The molecule has 0 fully saturated rings. The molecule has 0 spiro atoms. The standard InChI is InChI=1S/C9H19NO2/c1-4-6-8-12-10(3)9(11)7-5-2/h4-8H2,1-3H3. The molecule has 0 aromatic carbocycles. The topological polar surface area (TPSA) is 29.5 Å². The lowest BCUT2D eigenvalue weighted by Gasteiger charge is -2.15. The maximum atomic E-state index is 11.1. The first-order valence-corrected chi connectivity index (χ1v) is 4.61. The summed E-state index contributed by atoms with van der Waals surface area (Å²) in [7, 11) is 1.67. The lowest BCUT2D eigenvalue weighted by molar-refractivity contribution is -0.178. The molecule has 0 N–H and O–H groups in total. The van der Waals surface area contributed by atoms with Crippen LogP contribution in [-0.4, -0.2) is 24.6 Å². The molecule has 1 amide bonds. The van der Waals surface area contributed by atoms with Gasteiger partial charge in [0, 0.05) is 13.5 Å². The van der Waals surface area contributed by atoms with Gasteiger partial charge in [0.2, 0.25) is 5.91 Å². The molecule has 0 unspecified atom stereocenters. The second-order valence-corrected chi connectivity index (χ2v) is 2.83. The Labute approximate surface area is 74.6 Å². The Morgan fingerprint density at radius 2 is 2.00 bits per heavy atom. The van der Waals surface area contributed by atoms with Crippen molar-refractivity contribution in [3.63, 3.8) is 0 Å². The van der Waals surface area contributed by atoms with E-state index in [1.807, 2.05) is 6.92 Å². The first kappa shape index (κ1) is 11.4. The van der Waals surface area contributed by atoms with Gasteiger partial charge in [-0.15, -0.1) is 0 Å². The molecule has 12 heavy (non-hydrogen) atoms. The van der Waals surface area contributed by atoms with E-state index in [-0.39, 0.29) is 5.91 Å². The Hall–Kier alpha value is -0.570. The van der Waals surface area contributed by atoms with E-state index in [4.69, 9.17) is 4.84 Å². The van der Waals surface area contributed by atoms with Crippen LogP contribution in [-0.2, 0) is 9.63 Å². The molecule has 0 heterocycles. The van der Waals surface area contributed by atoms with Crippen molar-refractivity contribution in [3.05, 3.63) is 0 Å². The van der Waals surface area contributed by atoms with Crippen LogP contribution in [0.5, 0.6) is 0 Å². The van der Waals surface area contributed by atoms with Gasteiger partial charge in [0.15, 0.2) is 0 Å². The molecule has 0 aliphatic rings. The zero-order valence-corrected chi connectivity index (χ0v) is 8.30. The van der Waals surface area contributed by atoms with Crippen molar-refractivity contribution < 1.29 is 9.63 Å². The molecular weight excluding hydrogens is 154 g/mol. The van der Waals surface area contributed by atoms with Gasteiger partial charge < -0.3 is 0 Å². The van der Waals surface area contributed by atoms with Crippen LogP contribution in [0.15, 0.2) is 0 Å². The Morgan fingerprint density at radius 3 is 2.50 bits per heavy atom. The summed E-state index contributed by atoms with van der Waals surface area (Å²) >= 11 is 0. The third-order valence-corrected chi connectivity index (χ3v) is 1.60. The average molecular weight is 173 g/mol. The van der Waals surface area contributed by atoms with Crippen molar-refractivity contribution in [2.45, 2.75) is 39.5 Å². The summed E-state index contributed by atoms with van der Waals surface area (Å²) in [6, 6.07) is 0. The van der Waals surface area contributed by atoms with Crippen LogP contribution in [0.4, 0.5) is 0 Å². The summed E-state index contributed by atoms with van der Waals surface area (Å²) in [4.78, 5) is 16.3. The van der Waals surface area contributed by atoms with Crippen LogP contribution < -0.4 is 0 Å². The van der Waals surface area contributed by atoms with Gasteiger partial charge in [0.05, 0.1) is 6.61 Å². The molecule has 0 aliphatic heterocycles. The van der Waals surface area contributed by atoms with Crippen LogP contribution in [0.1, 0.15) is 39.5 Å². The van der Waals surface area contributed by atoms with E-state index in [0.29, 0.717) is 13.0 Å². The molecule has 0 bridgehead atoms. The molecule has 0 aromatic rings. The van der Waals surface area contributed by atoms with Gasteiger partial charge in [-0.1, -0.05) is 20.3 Å². The molecular formula is C9H19NO2. The maximum absolute atomic E-state index is 11.1. The number of hydroxylamine groups is 2. The Bertz CT molecular complexity index is 126. The Kier molecular flexibility index (Phi) is 6.76. The Balaban J connectivity index is 3.42. The van der Waals surface area contributed by atoms with Gasteiger partial charge >= 0.3 is 0 Å². The number of unbranched alkanes of at least 4 members (excludes halogenated alkanes) is 1. The van der Waals surface area contributed by atoms with E-state index in [9.17, 15) is 4.79 Å². The van der Waals surface area contributed by atoms with E-state index >= 15 is 0 Å². The maximum Gasteiger partial charge on any atom is 0.245 e. The van der Waals surface area contributed by atoms with Gasteiger partial charge in [-0.05, 0) is 12.8 Å². The zero-order chi connectivity index (χ0) is 9.40. The smallest absolute Gasteiger partial charge is 0.245 e. The van der Waals surface area contributed by atoms with Gasteiger partial charge in [0.25, 0.3) is 0 Å². The van der Waals surface area contributed by atoms with E-state index in [0.717, 1.165) is 19.3 Å². The molecule has 3 heteroatoms. The predicted molar refractivity (Wildman–Crippen MR) is 48.5 cm³/mol. The monoisotopic (exact) mass is 173 g/mol. The predicted octanol–water partition coefficient (Wildman–Crippen LogP) is 1.98. The molecule has 0 aliphatic carbocycles. The SMILES string of the molecule is CCCCON(C)C(=O)CCC. The minimum absolute atomic E-state index is 0.0635. The highest BCUT2D eigenvalue weighted by Crippen LogP contribution is 1.97. The lowest BCUT2D eigenvalue weighted by Crippen LogP contribution is -2.26. The summed E-state index contributed by atoms with van der Waals surface area (Å²) in [6.07, 6.45) is 3.54. The molecule has 0 atom stereocenters. The summed E-state index contributed by atoms with van der Waals surface area (Å²) < 4.78 is 0. The minimum atomic E-state index is 0.0635. The minimum Gasteiger partial charge on any atom is -0.273 e. The number of rotatable bonds is 6. The first-order valence-electron chi connectivity index (χ1n) is 4.61. The quantitative estimate of drug-likeness (QED) is 0.454. The largest absolute Gasteiger partial charge is 0.273 e. The summed E-state index contributed by atoms with van der Waals surface area (Å²) in [5.41, 5.74) is 0. The number of hydrogen-bond acceptors (Lipinski definition) is 2. The van der Waals surface area contributed by atoms with Crippen LogP contribution in [0.3, 0.4) is 0 Å².